The Labute approximate surface area is 333 Å². The van der Waals surface area contributed by atoms with E-state index in [2.05, 4.69) is 215 Å². The molecule has 0 bridgehead atoms. The van der Waals surface area contributed by atoms with Gasteiger partial charge in [-0.3, -0.25) is 0 Å². The molecule has 0 N–H and O–H groups in total. The molecule has 57 heavy (non-hydrogen) atoms. The Morgan fingerprint density at radius 1 is 0.281 bits per heavy atom. The number of aromatic nitrogens is 2. The van der Waals surface area contributed by atoms with Crippen LogP contribution in [0, 0.1) is 0 Å². The van der Waals surface area contributed by atoms with E-state index in [1.54, 1.807) is 0 Å². The van der Waals surface area contributed by atoms with E-state index in [4.69, 9.17) is 0 Å². The minimum absolute atomic E-state index is 1.16. The van der Waals surface area contributed by atoms with Crippen LogP contribution in [0.5, 0.6) is 0 Å². The molecule has 3 heteroatoms. The first kappa shape index (κ1) is 32.1. The van der Waals surface area contributed by atoms with Crippen LogP contribution in [0.15, 0.2) is 206 Å². The van der Waals surface area contributed by atoms with Gasteiger partial charge >= 0.3 is 0 Å². The number of nitrogens with zero attached hydrogens (tertiary/aromatic N) is 2. The second-order valence-corrected chi connectivity index (χ2v) is 16.0. The first-order valence-corrected chi connectivity index (χ1v) is 20.3. The molecule has 0 aliphatic heterocycles. The molecule has 0 aliphatic carbocycles. The van der Waals surface area contributed by atoms with Gasteiger partial charge in [0.25, 0.3) is 0 Å². The number of hydrogen-bond donors (Lipinski definition) is 0. The zero-order valence-corrected chi connectivity index (χ0v) is 31.7. The van der Waals surface area contributed by atoms with E-state index in [1.807, 2.05) is 11.3 Å². The minimum atomic E-state index is 1.16. The van der Waals surface area contributed by atoms with Gasteiger partial charge in [-0.1, -0.05) is 146 Å². The predicted octanol–water partition coefficient (Wildman–Crippen LogP) is 15.2. The third-order valence-electron chi connectivity index (χ3n) is 11.7. The van der Waals surface area contributed by atoms with Crippen LogP contribution in [0.4, 0.5) is 0 Å². The molecule has 0 spiro atoms. The highest BCUT2D eigenvalue weighted by atomic mass is 32.1. The average molecular weight is 743 g/mol. The summed E-state index contributed by atoms with van der Waals surface area (Å²) >= 11 is 1.90. The van der Waals surface area contributed by atoms with Gasteiger partial charge in [0.15, 0.2) is 0 Å². The van der Waals surface area contributed by atoms with Crippen molar-refractivity contribution >= 4 is 75.1 Å². The Morgan fingerprint density at radius 2 is 0.772 bits per heavy atom. The number of rotatable bonds is 5. The van der Waals surface area contributed by atoms with Gasteiger partial charge < -0.3 is 9.13 Å². The topological polar surface area (TPSA) is 9.86 Å². The smallest absolute Gasteiger partial charge is 0.0719 e. The van der Waals surface area contributed by atoms with Crippen LogP contribution < -0.4 is 0 Å². The average Bonchev–Trinajstić information content (AvgIpc) is 3.94. The van der Waals surface area contributed by atoms with Crippen molar-refractivity contribution in [2.45, 2.75) is 0 Å². The standard InChI is InChI=1S/C54H34N2S/c1-3-13-35(14-4-1)37-17-11-19-41(31-37)55-49-23-9-7-21-43(49)47-33-39(25-29-50(47)55)40-26-30-51-48(34-40)45-27-28-46-44-22-8-10-24-52(44)57-54(46)53(45)56(51)42-20-12-18-38(32-42)36-15-5-2-6-16-36/h1-34H. The molecular formula is C54H34N2S. The molecule has 0 aliphatic rings. The van der Waals surface area contributed by atoms with E-state index < -0.39 is 0 Å². The lowest BCUT2D eigenvalue weighted by atomic mass is 10.0. The van der Waals surface area contributed by atoms with E-state index >= 15 is 0 Å². The van der Waals surface area contributed by atoms with Crippen molar-refractivity contribution in [2.75, 3.05) is 0 Å². The highest BCUT2D eigenvalue weighted by Gasteiger charge is 2.20. The van der Waals surface area contributed by atoms with Crippen LogP contribution in [0.1, 0.15) is 0 Å². The van der Waals surface area contributed by atoms with Crippen LogP contribution >= 0.6 is 11.3 Å². The van der Waals surface area contributed by atoms with E-state index in [9.17, 15) is 0 Å². The molecular weight excluding hydrogens is 709 g/mol. The summed E-state index contributed by atoms with van der Waals surface area (Å²) in [6.45, 7) is 0. The Bertz CT molecular complexity index is 3510. The number of fused-ring (bicyclic) bond motifs is 10. The van der Waals surface area contributed by atoms with Crippen molar-refractivity contribution in [2.24, 2.45) is 0 Å². The summed E-state index contributed by atoms with van der Waals surface area (Å²) < 4.78 is 7.55. The molecule has 2 nitrogen and oxygen atoms in total. The van der Waals surface area contributed by atoms with E-state index in [0.717, 1.165) is 5.69 Å². The van der Waals surface area contributed by atoms with Gasteiger partial charge in [0, 0.05) is 48.4 Å². The summed E-state index contributed by atoms with van der Waals surface area (Å²) in [6, 6.07) is 75.6. The Kier molecular flexibility index (Phi) is 7.13. The van der Waals surface area contributed by atoms with Crippen molar-refractivity contribution in [1.29, 1.82) is 0 Å². The van der Waals surface area contributed by atoms with Crippen LogP contribution in [-0.4, -0.2) is 9.13 Å². The quantitative estimate of drug-likeness (QED) is 0.166. The maximum Gasteiger partial charge on any atom is 0.0719 e. The maximum absolute atomic E-state index is 2.50. The number of para-hydroxylation sites is 1. The first-order chi connectivity index (χ1) is 28.3. The molecule has 0 fully saturated rings. The molecule has 0 saturated carbocycles. The van der Waals surface area contributed by atoms with E-state index in [-0.39, 0.29) is 0 Å². The van der Waals surface area contributed by atoms with Gasteiger partial charge in [0.1, 0.15) is 0 Å². The first-order valence-electron chi connectivity index (χ1n) is 19.5. The Balaban J connectivity index is 1.07. The fraction of sp³-hybridized carbons (Fsp3) is 0. The van der Waals surface area contributed by atoms with Crippen molar-refractivity contribution in [1.82, 2.24) is 9.13 Å². The molecule has 12 aromatic rings. The van der Waals surface area contributed by atoms with Gasteiger partial charge in [-0.05, 0) is 94.0 Å². The zero-order valence-electron chi connectivity index (χ0n) is 30.9. The molecule has 0 atom stereocenters. The lowest BCUT2D eigenvalue weighted by Crippen LogP contribution is -1.95. The molecule has 0 radical (unpaired) electrons. The summed E-state index contributed by atoms with van der Waals surface area (Å²) in [5, 5.41) is 7.65. The molecule has 3 heterocycles. The summed E-state index contributed by atoms with van der Waals surface area (Å²) in [4.78, 5) is 0. The lowest BCUT2D eigenvalue weighted by Gasteiger charge is -2.12. The SMILES string of the molecule is c1ccc(-c2cccc(-n3c4ccccc4c4cc(-c5ccc6c(c5)c5ccc7c8ccccc8sc7c5n6-c5cccc(-c6ccccc6)c5)ccc43)c2)cc1. The summed E-state index contributed by atoms with van der Waals surface area (Å²) in [5.41, 5.74) is 14.5. The van der Waals surface area contributed by atoms with Crippen LogP contribution in [0.3, 0.4) is 0 Å². The zero-order chi connectivity index (χ0) is 37.5. The monoisotopic (exact) mass is 742 g/mol. The second-order valence-electron chi connectivity index (χ2n) is 14.9. The van der Waals surface area contributed by atoms with Crippen molar-refractivity contribution < 1.29 is 0 Å². The molecule has 0 saturated heterocycles. The highest BCUT2D eigenvalue weighted by molar-refractivity contribution is 7.26. The van der Waals surface area contributed by atoms with E-state index in [1.165, 1.54) is 103 Å². The van der Waals surface area contributed by atoms with Gasteiger partial charge in [0.2, 0.25) is 0 Å². The number of thiophene rings is 1. The molecule has 3 aromatic heterocycles. The lowest BCUT2D eigenvalue weighted by molar-refractivity contribution is 1.18. The fourth-order valence-corrected chi connectivity index (χ4v) is 10.3. The highest BCUT2D eigenvalue weighted by Crippen LogP contribution is 2.44. The van der Waals surface area contributed by atoms with Crippen molar-refractivity contribution in [3.8, 4) is 44.8 Å². The van der Waals surface area contributed by atoms with Crippen LogP contribution in [0.2, 0.25) is 0 Å². The Hall–Kier alpha value is -7.20. The predicted molar refractivity (Wildman–Crippen MR) is 244 cm³/mol. The van der Waals surface area contributed by atoms with Gasteiger partial charge in [0.05, 0.1) is 26.8 Å². The third kappa shape index (κ3) is 5.03. The summed E-state index contributed by atoms with van der Waals surface area (Å²) in [7, 11) is 0. The van der Waals surface area contributed by atoms with Crippen molar-refractivity contribution in [3.63, 3.8) is 0 Å². The van der Waals surface area contributed by atoms with Crippen LogP contribution in [-0.2, 0) is 0 Å². The molecule has 266 valence electrons. The van der Waals surface area contributed by atoms with Gasteiger partial charge in [-0.2, -0.15) is 0 Å². The van der Waals surface area contributed by atoms with Crippen molar-refractivity contribution in [3.05, 3.63) is 206 Å². The van der Waals surface area contributed by atoms with Gasteiger partial charge in [-0.25, -0.2) is 0 Å². The summed E-state index contributed by atoms with van der Waals surface area (Å²) in [6.07, 6.45) is 0. The van der Waals surface area contributed by atoms with E-state index in [0.29, 0.717) is 0 Å². The third-order valence-corrected chi connectivity index (χ3v) is 12.9. The molecule has 12 rings (SSSR count). The molecule has 0 unspecified atom stereocenters. The maximum atomic E-state index is 2.50. The summed E-state index contributed by atoms with van der Waals surface area (Å²) in [5.74, 6) is 0. The van der Waals surface area contributed by atoms with Gasteiger partial charge in [-0.15, -0.1) is 11.3 Å². The minimum Gasteiger partial charge on any atom is -0.309 e. The Morgan fingerprint density at radius 3 is 1.46 bits per heavy atom. The number of hydrogen-bond acceptors (Lipinski definition) is 1. The fourth-order valence-electron chi connectivity index (χ4n) is 9.07. The molecule has 0 amide bonds. The second kappa shape index (κ2) is 12.7. The molecule has 9 aromatic carbocycles. The van der Waals surface area contributed by atoms with Crippen LogP contribution in [0.25, 0.3) is 109 Å². The normalized spacial score (nSPS) is 11.9. The largest absolute Gasteiger partial charge is 0.309 e. The number of benzene rings is 9.